The molecular weight excluding hydrogens is 392 g/mol. The largest absolute Gasteiger partial charge is 0.396 e. The van der Waals surface area contributed by atoms with Gasteiger partial charge in [-0.25, -0.2) is 4.98 Å². The third kappa shape index (κ3) is 3.73. The van der Waals surface area contributed by atoms with Crippen molar-refractivity contribution in [3.8, 4) is 17.5 Å². The van der Waals surface area contributed by atoms with Crippen molar-refractivity contribution in [2.24, 2.45) is 0 Å². The van der Waals surface area contributed by atoms with E-state index in [-0.39, 0.29) is 23.7 Å². The molecule has 0 atom stereocenters. The number of rotatable bonds is 6. The topological polar surface area (TPSA) is 132 Å². The van der Waals surface area contributed by atoms with Crippen LogP contribution in [0, 0.1) is 11.3 Å². The number of hydrogen-bond acceptors (Lipinski definition) is 5. The summed E-state index contributed by atoms with van der Waals surface area (Å²) in [7, 11) is 0. The van der Waals surface area contributed by atoms with Crippen LogP contribution in [0.25, 0.3) is 33.3 Å². The molecule has 2 aromatic heterocycles. The summed E-state index contributed by atoms with van der Waals surface area (Å²) in [5.41, 5.74) is 9.38. The highest BCUT2D eigenvalue weighted by Crippen LogP contribution is 2.31. The van der Waals surface area contributed by atoms with Gasteiger partial charge in [-0.1, -0.05) is 25.5 Å². The van der Waals surface area contributed by atoms with Gasteiger partial charge in [0, 0.05) is 23.0 Å². The number of hydrogen-bond donors (Lipinski definition) is 3. The van der Waals surface area contributed by atoms with E-state index >= 15 is 0 Å². The van der Waals surface area contributed by atoms with Gasteiger partial charge in [-0.3, -0.25) is 9.59 Å². The minimum Gasteiger partial charge on any atom is -0.396 e. The number of nitrogens with zero attached hydrogens (tertiary/aromatic N) is 3. The zero-order valence-electron chi connectivity index (χ0n) is 17.1. The molecule has 0 unspecified atom stereocenters. The van der Waals surface area contributed by atoms with Crippen molar-refractivity contribution in [2.45, 2.75) is 19.8 Å². The van der Waals surface area contributed by atoms with E-state index in [1.807, 2.05) is 25.1 Å². The maximum absolute atomic E-state index is 12.9. The minimum absolute atomic E-state index is 0.0289. The molecule has 31 heavy (non-hydrogen) atoms. The van der Waals surface area contributed by atoms with Crippen molar-refractivity contribution in [1.82, 2.24) is 19.9 Å². The molecule has 2 heterocycles. The number of H-pyrrole nitrogens is 2. The molecule has 0 fully saturated rings. The molecule has 4 rings (SSSR count). The summed E-state index contributed by atoms with van der Waals surface area (Å²) in [4.78, 5) is 37.5. The van der Waals surface area contributed by atoms with E-state index in [0.717, 1.165) is 12.8 Å². The number of nitrogens with two attached hydrogens (primary N) is 1. The summed E-state index contributed by atoms with van der Waals surface area (Å²) in [6.07, 6.45) is 1.75. The van der Waals surface area contributed by atoms with Gasteiger partial charge in [0.15, 0.2) is 5.69 Å². The van der Waals surface area contributed by atoms with Gasteiger partial charge in [-0.05, 0) is 36.8 Å². The number of fused-ring (bicyclic) bond motifs is 2. The van der Waals surface area contributed by atoms with Gasteiger partial charge in [0.2, 0.25) is 0 Å². The number of para-hydroxylation sites is 2. The van der Waals surface area contributed by atoms with Gasteiger partial charge < -0.3 is 20.6 Å². The number of nitrogen functional groups attached to an aromatic ring is 1. The molecule has 0 saturated heterocycles. The predicted molar refractivity (Wildman–Crippen MR) is 120 cm³/mol. The average molecular weight is 414 g/mol. The monoisotopic (exact) mass is 414 g/mol. The summed E-state index contributed by atoms with van der Waals surface area (Å²) in [5, 5.41) is 9.70. The summed E-state index contributed by atoms with van der Waals surface area (Å²) in [5.74, 6) is -0.222. The van der Waals surface area contributed by atoms with E-state index in [9.17, 15) is 9.59 Å². The van der Waals surface area contributed by atoms with Crippen LogP contribution in [0.2, 0.25) is 0 Å². The summed E-state index contributed by atoms with van der Waals surface area (Å²) >= 11 is 0. The number of nitrogens with one attached hydrogen (secondary N) is 2. The van der Waals surface area contributed by atoms with Crippen molar-refractivity contribution in [3.63, 3.8) is 0 Å². The van der Waals surface area contributed by atoms with Crippen LogP contribution in [-0.4, -0.2) is 38.8 Å². The predicted octanol–water partition coefficient (Wildman–Crippen LogP) is 3.42. The third-order valence-corrected chi connectivity index (χ3v) is 5.25. The van der Waals surface area contributed by atoms with E-state index in [2.05, 4.69) is 21.0 Å². The van der Waals surface area contributed by atoms with Crippen LogP contribution in [0.3, 0.4) is 0 Å². The number of carbonyl (C=O) groups excluding carboxylic acids is 1. The number of anilines is 1. The van der Waals surface area contributed by atoms with Crippen molar-refractivity contribution in [3.05, 3.63) is 58.4 Å². The lowest BCUT2D eigenvalue weighted by atomic mass is 10.1. The number of unbranched alkanes of at least 4 members (excludes halogenated alkanes) is 1. The van der Waals surface area contributed by atoms with Crippen LogP contribution in [0.5, 0.6) is 0 Å². The number of benzene rings is 2. The molecular formula is C23H22N6O2. The van der Waals surface area contributed by atoms with Gasteiger partial charge in [0.05, 0.1) is 28.5 Å². The lowest BCUT2D eigenvalue weighted by Gasteiger charge is -2.19. The Labute approximate surface area is 178 Å². The Bertz CT molecular complexity index is 1380. The van der Waals surface area contributed by atoms with Crippen molar-refractivity contribution in [1.29, 1.82) is 5.26 Å². The molecule has 0 saturated carbocycles. The first-order valence-corrected chi connectivity index (χ1v) is 10.1. The number of amides is 1. The Morgan fingerprint density at radius 2 is 2.00 bits per heavy atom. The number of nitriles is 1. The van der Waals surface area contributed by atoms with Crippen molar-refractivity contribution in [2.75, 3.05) is 18.8 Å². The Kier molecular flexibility index (Phi) is 5.41. The first-order valence-electron chi connectivity index (χ1n) is 10.1. The van der Waals surface area contributed by atoms with E-state index in [1.54, 1.807) is 24.3 Å². The smallest absolute Gasteiger partial charge is 0.276 e. The Morgan fingerprint density at radius 3 is 2.77 bits per heavy atom. The van der Waals surface area contributed by atoms with Crippen LogP contribution < -0.4 is 11.3 Å². The Morgan fingerprint density at radius 1 is 1.19 bits per heavy atom. The Balaban J connectivity index is 1.77. The van der Waals surface area contributed by atoms with E-state index < -0.39 is 0 Å². The summed E-state index contributed by atoms with van der Waals surface area (Å²) in [6, 6.07) is 14.4. The highest BCUT2D eigenvalue weighted by molar-refractivity contribution is 6.04. The molecule has 4 aromatic rings. The molecule has 0 aliphatic heterocycles. The van der Waals surface area contributed by atoms with Gasteiger partial charge in [-0.15, -0.1) is 0 Å². The van der Waals surface area contributed by atoms with E-state index in [0.29, 0.717) is 45.4 Å². The number of aromatic nitrogens is 3. The average Bonchev–Trinajstić information content (AvgIpc) is 3.11. The Hall–Kier alpha value is -4.12. The molecule has 1 amide bonds. The van der Waals surface area contributed by atoms with Crippen LogP contribution >= 0.6 is 0 Å². The molecule has 0 radical (unpaired) electrons. The van der Waals surface area contributed by atoms with Gasteiger partial charge >= 0.3 is 0 Å². The molecule has 8 heteroatoms. The van der Waals surface area contributed by atoms with Crippen LogP contribution in [0.4, 0.5) is 5.69 Å². The fraction of sp³-hybridized carbons (Fsp3) is 0.217. The SMILES string of the molecule is CCCCN(CC#N)C(=O)c1ccc2[nH]c(-c3nc4ccccc4[nH]c3=O)c(N)c2c1. The van der Waals surface area contributed by atoms with Crippen LogP contribution in [-0.2, 0) is 0 Å². The second-order valence-corrected chi connectivity index (χ2v) is 7.34. The maximum atomic E-state index is 12.9. The molecule has 4 N–H and O–H groups in total. The summed E-state index contributed by atoms with van der Waals surface area (Å²) < 4.78 is 0. The molecule has 2 aromatic carbocycles. The van der Waals surface area contributed by atoms with Crippen molar-refractivity contribution >= 4 is 33.5 Å². The number of carbonyl (C=O) groups is 1. The molecule has 0 bridgehead atoms. The molecule has 0 spiro atoms. The normalized spacial score (nSPS) is 11.0. The first-order chi connectivity index (χ1) is 15.0. The zero-order valence-corrected chi connectivity index (χ0v) is 17.1. The van der Waals surface area contributed by atoms with Crippen molar-refractivity contribution < 1.29 is 4.79 Å². The number of aromatic amines is 2. The second-order valence-electron chi connectivity index (χ2n) is 7.34. The van der Waals surface area contributed by atoms with Crippen LogP contribution in [0.15, 0.2) is 47.3 Å². The van der Waals surface area contributed by atoms with E-state index in [4.69, 9.17) is 11.0 Å². The van der Waals surface area contributed by atoms with E-state index in [1.165, 1.54) is 4.90 Å². The first kappa shape index (κ1) is 20.2. The maximum Gasteiger partial charge on any atom is 0.276 e. The second kappa shape index (κ2) is 8.32. The highest BCUT2D eigenvalue weighted by atomic mass is 16.2. The van der Waals surface area contributed by atoms with Gasteiger partial charge in [-0.2, -0.15) is 5.26 Å². The fourth-order valence-corrected chi connectivity index (χ4v) is 3.60. The molecule has 156 valence electrons. The fourth-order valence-electron chi connectivity index (χ4n) is 3.60. The lowest BCUT2D eigenvalue weighted by Crippen LogP contribution is -2.32. The highest BCUT2D eigenvalue weighted by Gasteiger charge is 2.19. The zero-order chi connectivity index (χ0) is 22.0. The standard InChI is InChI=1S/C23H22N6O2/c1-2-3-11-29(12-10-24)23(31)14-8-9-16-15(13-14)19(25)20(26-16)21-22(30)28-18-7-5-4-6-17(18)27-21/h4-9,13,26H,2-3,11-12,25H2,1H3,(H,28,30). The molecule has 8 nitrogen and oxygen atoms in total. The summed E-state index contributed by atoms with van der Waals surface area (Å²) in [6.45, 7) is 2.58. The lowest BCUT2D eigenvalue weighted by molar-refractivity contribution is 0.0774. The van der Waals surface area contributed by atoms with Gasteiger partial charge in [0.1, 0.15) is 6.54 Å². The van der Waals surface area contributed by atoms with Gasteiger partial charge in [0.25, 0.3) is 11.5 Å². The quantitative estimate of drug-likeness (QED) is 0.416. The van der Waals surface area contributed by atoms with Crippen LogP contribution in [0.1, 0.15) is 30.1 Å². The molecule has 0 aliphatic rings. The molecule has 0 aliphatic carbocycles. The third-order valence-electron chi connectivity index (χ3n) is 5.25. The minimum atomic E-state index is -0.354.